The molecule has 3 rings (SSSR count). The molecule has 0 aromatic carbocycles. The maximum absolute atomic E-state index is 10.9. The number of hydrogen-bond acceptors (Lipinski definition) is 2. The highest BCUT2D eigenvalue weighted by molar-refractivity contribution is 5.72. The molecule has 1 N–H and O–H groups in total. The Morgan fingerprint density at radius 3 is 3.22 bits per heavy atom. The molecule has 1 aliphatic carbocycles. The molecule has 1 unspecified atom stereocenters. The Kier molecular flexibility index (Phi) is 2.58. The number of nitrogens with one attached hydrogen (secondary N) is 1. The minimum Gasteiger partial charge on any atom is -0.356 e. The zero-order chi connectivity index (χ0) is 12.7. The third-order valence-corrected chi connectivity index (χ3v) is 3.59. The average Bonchev–Trinajstić information content (AvgIpc) is 2.98. The maximum atomic E-state index is 10.9. The van der Waals surface area contributed by atoms with Crippen molar-refractivity contribution in [3.63, 3.8) is 0 Å². The highest BCUT2D eigenvalue weighted by atomic mass is 16.1. The number of pyridine rings is 1. The van der Waals surface area contributed by atoms with Crippen LogP contribution in [0.1, 0.15) is 30.5 Å². The van der Waals surface area contributed by atoms with E-state index in [0.29, 0.717) is 11.8 Å². The zero-order valence-corrected chi connectivity index (χ0v) is 10.7. The molecule has 1 fully saturated rings. The van der Waals surface area contributed by atoms with Crippen molar-refractivity contribution in [3.05, 3.63) is 35.7 Å². The summed E-state index contributed by atoms with van der Waals surface area (Å²) in [6.07, 6.45) is 3.14. The number of aromatic nitrogens is 2. The molecule has 0 spiro atoms. The van der Waals surface area contributed by atoms with Gasteiger partial charge in [-0.3, -0.25) is 4.79 Å². The van der Waals surface area contributed by atoms with Crippen molar-refractivity contribution < 1.29 is 4.79 Å². The summed E-state index contributed by atoms with van der Waals surface area (Å²) < 4.78 is 1.94. The van der Waals surface area contributed by atoms with Gasteiger partial charge >= 0.3 is 0 Å². The van der Waals surface area contributed by atoms with Crippen molar-refractivity contribution in [1.82, 2.24) is 14.9 Å². The zero-order valence-electron chi connectivity index (χ0n) is 10.7. The van der Waals surface area contributed by atoms with Crippen LogP contribution in [0.2, 0.25) is 0 Å². The van der Waals surface area contributed by atoms with E-state index in [-0.39, 0.29) is 5.91 Å². The third kappa shape index (κ3) is 1.98. The highest BCUT2D eigenvalue weighted by Gasteiger charge is 2.39. The molecule has 4 nitrogen and oxygen atoms in total. The average molecular weight is 243 g/mol. The lowest BCUT2D eigenvalue weighted by Crippen LogP contribution is -2.22. The van der Waals surface area contributed by atoms with Gasteiger partial charge in [-0.1, -0.05) is 6.07 Å². The molecule has 2 heterocycles. The molecular formula is C14H17N3O. The Hall–Kier alpha value is -1.84. The second-order valence-electron chi connectivity index (χ2n) is 5.12. The van der Waals surface area contributed by atoms with Crippen LogP contribution < -0.4 is 5.32 Å². The molecule has 1 amide bonds. The fourth-order valence-corrected chi connectivity index (χ4v) is 2.60. The Morgan fingerprint density at radius 2 is 2.44 bits per heavy atom. The Bertz CT molecular complexity index is 602. The van der Waals surface area contributed by atoms with Crippen molar-refractivity contribution in [3.8, 4) is 0 Å². The van der Waals surface area contributed by atoms with E-state index in [1.165, 1.54) is 11.1 Å². The molecule has 0 radical (unpaired) electrons. The van der Waals surface area contributed by atoms with E-state index < -0.39 is 0 Å². The van der Waals surface area contributed by atoms with E-state index in [4.69, 9.17) is 0 Å². The standard InChI is InChI=1S/C14H17N3O/c1-9-6-14-12(4-3-5-17(14)16-9)13-7-11(13)8-15-10(2)18/h3-6,11,13H,7-8H2,1-2H3,(H,15,18)/t11-,13?/m1/s1. The summed E-state index contributed by atoms with van der Waals surface area (Å²) in [6, 6.07) is 6.35. The van der Waals surface area contributed by atoms with Gasteiger partial charge in [0, 0.05) is 19.7 Å². The fourth-order valence-electron chi connectivity index (χ4n) is 2.60. The minimum atomic E-state index is 0.0547. The Balaban J connectivity index is 1.81. The van der Waals surface area contributed by atoms with Gasteiger partial charge in [0.1, 0.15) is 0 Å². The van der Waals surface area contributed by atoms with E-state index in [1.807, 2.05) is 23.7 Å². The summed E-state index contributed by atoms with van der Waals surface area (Å²) in [5.41, 5.74) is 3.60. The second kappa shape index (κ2) is 4.12. The van der Waals surface area contributed by atoms with Gasteiger partial charge in [-0.2, -0.15) is 5.10 Å². The van der Waals surface area contributed by atoms with Crippen LogP contribution in [0.25, 0.3) is 5.52 Å². The third-order valence-electron chi connectivity index (χ3n) is 3.59. The Morgan fingerprint density at radius 1 is 1.61 bits per heavy atom. The fraction of sp³-hybridized carbons (Fsp3) is 0.429. The van der Waals surface area contributed by atoms with Gasteiger partial charge < -0.3 is 5.32 Å². The van der Waals surface area contributed by atoms with Gasteiger partial charge in [0.15, 0.2) is 0 Å². The molecule has 0 aliphatic heterocycles. The lowest BCUT2D eigenvalue weighted by Gasteiger charge is -2.04. The number of nitrogens with zero attached hydrogens (tertiary/aromatic N) is 2. The van der Waals surface area contributed by atoms with Crippen LogP contribution in [0, 0.1) is 12.8 Å². The topological polar surface area (TPSA) is 46.4 Å². The van der Waals surface area contributed by atoms with Crippen LogP contribution in [-0.4, -0.2) is 22.1 Å². The largest absolute Gasteiger partial charge is 0.356 e. The normalized spacial score (nSPS) is 22.1. The van der Waals surface area contributed by atoms with Gasteiger partial charge in [0.05, 0.1) is 11.2 Å². The van der Waals surface area contributed by atoms with E-state index in [1.54, 1.807) is 6.92 Å². The van der Waals surface area contributed by atoms with Gasteiger partial charge in [-0.05, 0) is 42.9 Å². The number of amides is 1. The van der Waals surface area contributed by atoms with Crippen LogP contribution in [0.15, 0.2) is 24.4 Å². The first-order valence-electron chi connectivity index (χ1n) is 6.34. The number of carbonyl (C=O) groups is 1. The maximum Gasteiger partial charge on any atom is 0.216 e. The van der Waals surface area contributed by atoms with Gasteiger partial charge in [0.2, 0.25) is 5.91 Å². The predicted octanol–water partition coefficient (Wildman–Crippen LogP) is 1.88. The molecule has 1 aliphatic rings. The SMILES string of the molecule is CC(=O)NC[C@H]1CC1c1cccn2nc(C)cc12. The number of fused-ring (bicyclic) bond motifs is 1. The molecular weight excluding hydrogens is 226 g/mol. The van der Waals surface area contributed by atoms with Crippen LogP contribution in [0.4, 0.5) is 0 Å². The summed E-state index contributed by atoms with van der Waals surface area (Å²) in [5.74, 6) is 1.20. The van der Waals surface area contributed by atoms with E-state index >= 15 is 0 Å². The van der Waals surface area contributed by atoms with Crippen molar-refractivity contribution in [2.45, 2.75) is 26.2 Å². The first kappa shape index (κ1) is 11.3. The lowest BCUT2D eigenvalue weighted by molar-refractivity contribution is -0.119. The first-order chi connectivity index (χ1) is 8.65. The van der Waals surface area contributed by atoms with Gasteiger partial charge in [-0.15, -0.1) is 0 Å². The highest BCUT2D eigenvalue weighted by Crippen LogP contribution is 2.48. The van der Waals surface area contributed by atoms with Crippen molar-refractivity contribution in [2.75, 3.05) is 6.54 Å². The molecule has 2 aromatic rings. The van der Waals surface area contributed by atoms with Crippen LogP contribution in [0.3, 0.4) is 0 Å². The number of hydrogen-bond donors (Lipinski definition) is 1. The second-order valence-corrected chi connectivity index (χ2v) is 5.12. The molecule has 0 bridgehead atoms. The van der Waals surface area contributed by atoms with Gasteiger partial charge in [0.25, 0.3) is 0 Å². The van der Waals surface area contributed by atoms with Crippen molar-refractivity contribution in [2.24, 2.45) is 5.92 Å². The summed E-state index contributed by atoms with van der Waals surface area (Å²) in [7, 11) is 0. The quantitative estimate of drug-likeness (QED) is 0.894. The monoisotopic (exact) mass is 243 g/mol. The molecule has 0 saturated heterocycles. The number of aryl methyl sites for hydroxylation is 1. The summed E-state index contributed by atoms with van der Waals surface area (Å²) >= 11 is 0. The van der Waals surface area contributed by atoms with Crippen LogP contribution >= 0.6 is 0 Å². The number of carbonyl (C=O) groups excluding carboxylic acids is 1. The summed E-state index contributed by atoms with van der Waals surface area (Å²) in [6.45, 7) is 4.37. The lowest BCUT2D eigenvalue weighted by atomic mass is 10.1. The number of rotatable bonds is 3. The molecule has 2 aromatic heterocycles. The summed E-state index contributed by atoms with van der Waals surface area (Å²) in [4.78, 5) is 10.9. The van der Waals surface area contributed by atoms with E-state index in [9.17, 15) is 4.79 Å². The predicted molar refractivity (Wildman–Crippen MR) is 69.5 cm³/mol. The van der Waals surface area contributed by atoms with E-state index in [2.05, 4.69) is 22.5 Å². The molecule has 18 heavy (non-hydrogen) atoms. The first-order valence-corrected chi connectivity index (χ1v) is 6.34. The molecule has 2 atom stereocenters. The Labute approximate surface area is 106 Å². The van der Waals surface area contributed by atoms with Crippen molar-refractivity contribution in [1.29, 1.82) is 0 Å². The summed E-state index contributed by atoms with van der Waals surface area (Å²) in [5, 5.41) is 7.33. The minimum absolute atomic E-state index is 0.0547. The molecule has 4 heteroatoms. The molecule has 94 valence electrons. The smallest absolute Gasteiger partial charge is 0.216 e. The molecule has 1 saturated carbocycles. The van der Waals surface area contributed by atoms with Gasteiger partial charge in [-0.25, -0.2) is 4.52 Å². The van der Waals surface area contributed by atoms with Crippen LogP contribution in [-0.2, 0) is 4.79 Å². The van der Waals surface area contributed by atoms with Crippen LogP contribution in [0.5, 0.6) is 0 Å². The van der Waals surface area contributed by atoms with Crippen molar-refractivity contribution >= 4 is 11.4 Å². The van der Waals surface area contributed by atoms with E-state index in [0.717, 1.165) is 18.7 Å².